The molecule has 0 unspecified atom stereocenters. The second kappa shape index (κ2) is 8.14. The van der Waals surface area contributed by atoms with Gasteiger partial charge in [-0.3, -0.25) is 4.79 Å². The average Bonchev–Trinajstić information content (AvgIpc) is 3.23. The van der Waals surface area contributed by atoms with Crippen molar-refractivity contribution in [2.24, 2.45) is 0 Å². The summed E-state index contributed by atoms with van der Waals surface area (Å²) in [6.45, 7) is 9.74. The lowest BCUT2D eigenvalue weighted by molar-refractivity contribution is 0.0721. The molecule has 0 N–H and O–H groups in total. The molecule has 0 saturated carbocycles. The molecule has 3 heterocycles. The topological polar surface area (TPSA) is 67.4 Å². The SMILES string of the molecule is Cc1cc(C(=O)N(CCN(C)C)Cc2ccc(C)o2)c2cnn(C(C)C)c2n1. The van der Waals surface area contributed by atoms with Crippen molar-refractivity contribution >= 4 is 16.9 Å². The minimum Gasteiger partial charge on any atom is -0.464 e. The number of aryl methyl sites for hydroxylation is 2. The van der Waals surface area contributed by atoms with Gasteiger partial charge in [-0.2, -0.15) is 5.10 Å². The number of likely N-dealkylation sites (N-methyl/N-ethyl adjacent to an activating group) is 1. The number of hydrogen-bond donors (Lipinski definition) is 0. The minimum atomic E-state index is -0.0327. The molecule has 0 bridgehead atoms. The Hall–Kier alpha value is -2.67. The van der Waals surface area contributed by atoms with Crippen LogP contribution in [-0.2, 0) is 6.54 Å². The van der Waals surface area contributed by atoms with Crippen LogP contribution in [0.1, 0.15) is 47.5 Å². The number of nitrogens with zero attached hydrogens (tertiary/aromatic N) is 5. The fourth-order valence-corrected chi connectivity index (χ4v) is 3.20. The summed E-state index contributed by atoms with van der Waals surface area (Å²) in [6, 6.07) is 5.87. The zero-order valence-electron chi connectivity index (χ0n) is 17.6. The Labute approximate surface area is 165 Å². The molecule has 7 nitrogen and oxygen atoms in total. The summed E-state index contributed by atoms with van der Waals surface area (Å²) in [7, 11) is 4.00. The summed E-state index contributed by atoms with van der Waals surface area (Å²) in [5.74, 6) is 1.59. The van der Waals surface area contributed by atoms with Crippen LogP contribution in [0.3, 0.4) is 0 Å². The zero-order valence-corrected chi connectivity index (χ0v) is 17.6. The molecule has 0 atom stereocenters. The van der Waals surface area contributed by atoms with Crippen molar-refractivity contribution in [2.45, 2.75) is 40.3 Å². The van der Waals surface area contributed by atoms with E-state index in [0.29, 0.717) is 18.7 Å². The first-order valence-corrected chi connectivity index (χ1v) is 9.60. The van der Waals surface area contributed by atoms with E-state index in [-0.39, 0.29) is 11.9 Å². The number of amides is 1. The van der Waals surface area contributed by atoms with Crippen molar-refractivity contribution in [1.82, 2.24) is 24.6 Å². The molecular weight excluding hydrogens is 354 g/mol. The number of aromatic nitrogens is 3. The van der Waals surface area contributed by atoms with Gasteiger partial charge < -0.3 is 14.2 Å². The molecule has 3 rings (SSSR count). The van der Waals surface area contributed by atoms with Gasteiger partial charge in [0, 0.05) is 24.8 Å². The Morgan fingerprint density at radius 3 is 2.57 bits per heavy atom. The lowest BCUT2D eigenvalue weighted by Gasteiger charge is -2.24. The van der Waals surface area contributed by atoms with Gasteiger partial charge in [0.2, 0.25) is 0 Å². The highest BCUT2D eigenvalue weighted by molar-refractivity contribution is 6.05. The quantitative estimate of drug-likeness (QED) is 0.625. The molecule has 3 aromatic rings. The molecule has 0 saturated heterocycles. The summed E-state index contributed by atoms with van der Waals surface area (Å²) >= 11 is 0. The minimum absolute atomic E-state index is 0.0327. The highest BCUT2D eigenvalue weighted by Crippen LogP contribution is 2.23. The van der Waals surface area contributed by atoms with Crippen molar-refractivity contribution in [3.05, 3.63) is 47.2 Å². The zero-order chi connectivity index (χ0) is 20.4. The van der Waals surface area contributed by atoms with Crippen molar-refractivity contribution < 1.29 is 9.21 Å². The lowest BCUT2D eigenvalue weighted by atomic mass is 10.1. The molecule has 1 amide bonds. The van der Waals surface area contributed by atoms with E-state index >= 15 is 0 Å². The van der Waals surface area contributed by atoms with Crippen LogP contribution in [0.4, 0.5) is 0 Å². The van der Waals surface area contributed by atoms with Crippen LogP contribution in [0, 0.1) is 13.8 Å². The average molecular weight is 383 g/mol. The van der Waals surface area contributed by atoms with Crippen molar-refractivity contribution in [3.8, 4) is 0 Å². The Kier molecular flexibility index (Phi) is 5.84. The Balaban J connectivity index is 1.99. The second-order valence-electron chi connectivity index (χ2n) is 7.77. The first-order valence-electron chi connectivity index (χ1n) is 9.60. The van der Waals surface area contributed by atoms with E-state index in [1.807, 2.05) is 55.7 Å². The van der Waals surface area contributed by atoms with Gasteiger partial charge in [-0.1, -0.05) is 0 Å². The summed E-state index contributed by atoms with van der Waals surface area (Å²) in [6.07, 6.45) is 1.75. The van der Waals surface area contributed by atoms with Crippen LogP contribution in [0.5, 0.6) is 0 Å². The third kappa shape index (κ3) is 4.25. The van der Waals surface area contributed by atoms with Crippen LogP contribution in [0.25, 0.3) is 11.0 Å². The van der Waals surface area contributed by atoms with Crippen LogP contribution < -0.4 is 0 Å². The highest BCUT2D eigenvalue weighted by Gasteiger charge is 2.22. The highest BCUT2D eigenvalue weighted by atomic mass is 16.3. The van der Waals surface area contributed by atoms with E-state index in [0.717, 1.165) is 34.8 Å². The lowest BCUT2D eigenvalue weighted by Crippen LogP contribution is -2.36. The third-order valence-corrected chi connectivity index (χ3v) is 4.66. The number of fused-ring (bicyclic) bond motifs is 1. The van der Waals surface area contributed by atoms with E-state index in [2.05, 4.69) is 28.8 Å². The maximum Gasteiger partial charge on any atom is 0.255 e. The maximum absolute atomic E-state index is 13.5. The molecule has 0 fully saturated rings. The standard InChI is InChI=1S/C21H29N5O2/c1-14(2)26-20-19(12-22-26)18(11-15(3)23-20)21(27)25(10-9-24(5)6)13-17-8-7-16(4)28-17/h7-8,11-12,14H,9-10,13H2,1-6H3. The molecule has 3 aromatic heterocycles. The van der Waals surface area contributed by atoms with Crippen LogP contribution in [-0.4, -0.2) is 57.7 Å². The Bertz CT molecular complexity index is 970. The molecule has 150 valence electrons. The second-order valence-corrected chi connectivity index (χ2v) is 7.77. The van der Waals surface area contributed by atoms with Gasteiger partial charge in [-0.25, -0.2) is 9.67 Å². The molecule has 0 aliphatic carbocycles. The third-order valence-electron chi connectivity index (χ3n) is 4.66. The Morgan fingerprint density at radius 2 is 1.96 bits per heavy atom. The van der Waals surface area contributed by atoms with Crippen LogP contribution in [0.15, 0.2) is 28.8 Å². The molecule has 0 radical (unpaired) electrons. The van der Waals surface area contributed by atoms with Crippen molar-refractivity contribution in [2.75, 3.05) is 27.2 Å². The molecule has 0 aromatic carbocycles. The van der Waals surface area contributed by atoms with Crippen LogP contribution in [0.2, 0.25) is 0 Å². The maximum atomic E-state index is 13.5. The van der Waals surface area contributed by atoms with E-state index in [1.165, 1.54) is 0 Å². The fraction of sp³-hybridized carbons (Fsp3) is 0.476. The molecular formula is C21H29N5O2. The van der Waals surface area contributed by atoms with Crippen LogP contribution >= 0.6 is 0 Å². The summed E-state index contributed by atoms with van der Waals surface area (Å²) in [4.78, 5) is 22.0. The summed E-state index contributed by atoms with van der Waals surface area (Å²) in [5, 5.41) is 5.24. The smallest absolute Gasteiger partial charge is 0.255 e. The molecule has 0 aliphatic heterocycles. The summed E-state index contributed by atoms with van der Waals surface area (Å²) in [5.41, 5.74) is 2.19. The number of carbonyl (C=O) groups is 1. The number of rotatable bonds is 7. The van der Waals surface area contributed by atoms with Crippen molar-refractivity contribution in [3.63, 3.8) is 0 Å². The number of pyridine rings is 1. The Morgan fingerprint density at radius 1 is 1.21 bits per heavy atom. The van der Waals surface area contributed by atoms with Gasteiger partial charge in [-0.15, -0.1) is 0 Å². The van der Waals surface area contributed by atoms with E-state index < -0.39 is 0 Å². The molecule has 28 heavy (non-hydrogen) atoms. The first-order chi connectivity index (χ1) is 13.3. The van der Waals surface area contributed by atoms with Gasteiger partial charge in [0.15, 0.2) is 5.65 Å². The predicted octanol–water partition coefficient (Wildman–Crippen LogP) is 3.43. The van der Waals surface area contributed by atoms with Gasteiger partial charge in [0.05, 0.1) is 23.7 Å². The van der Waals surface area contributed by atoms with Gasteiger partial charge >= 0.3 is 0 Å². The van der Waals surface area contributed by atoms with E-state index in [1.54, 1.807) is 6.20 Å². The normalized spacial score (nSPS) is 11.7. The van der Waals surface area contributed by atoms with Crippen molar-refractivity contribution in [1.29, 1.82) is 0 Å². The van der Waals surface area contributed by atoms with Gasteiger partial charge in [0.25, 0.3) is 5.91 Å². The number of hydrogen-bond acceptors (Lipinski definition) is 5. The first kappa shape index (κ1) is 20.1. The summed E-state index contributed by atoms with van der Waals surface area (Å²) < 4.78 is 7.58. The van der Waals surface area contributed by atoms with E-state index in [9.17, 15) is 4.79 Å². The fourth-order valence-electron chi connectivity index (χ4n) is 3.20. The van der Waals surface area contributed by atoms with Gasteiger partial charge in [0.1, 0.15) is 11.5 Å². The van der Waals surface area contributed by atoms with Gasteiger partial charge in [-0.05, 0) is 60.0 Å². The molecule has 0 spiro atoms. The van der Waals surface area contributed by atoms with E-state index in [4.69, 9.17) is 4.42 Å². The molecule has 0 aliphatic rings. The predicted molar refractivity (Wildman–Crippen MR) is 109 cm³/mol. The number of carbonyl (C=O) groups excluding carboxylic acids is 1. The number of furan rings is 1. The largest absolute Gasteiger partial charge is 0.464 e. The molecule has 7 heteroatoms. The monoisotopic (exact) mass is 383 g/mol.